The molecule has 0 aliphatic carbocycles. The molecular weight excluding hydrogens is 236 g/mol. The van der Waals surface area contributed by atoms with Gasteiger partial charge in [0.25, 0.3) is 5.91 Å². The van der Waals surface area contributed by atoms with Crippen molar-refractivity contribution < 1.29 is 9.53 Å². The van der Waals surface area contributed by atoms with E-state index in [1.165, 1.54) is 6.07 Å². The lowest BCUT2D eigenvalue weighted by molar-refractivity contribution is -0.119. The molecule has 1 rings (SSSR count). The van der Waals surface area contributed by atoms with Gasteiger partial charge in [-0.2, -0.15) is 0 Å². The van der Waals surface area contributed by atoms with Crippen molar-refractivity contribution in [2.24, 2.45) is 11.5 Å². The van der Waals surface area contributed by atoms with Gasteiger partial charge in [0.1, 0.15) is 10.7 Å². The van der Waals surface area contributed by atoms with E-state index in [-0.39, 0.29) is 11.6 Å². The number of amides is 1. The smallest absolute Gasteiger partial charge is 0.255 e. The van der Waals surface area contributed by atoms with Gasteiger partial charge in [0, 0.05) is 5.02 Å². The molecule has 4 nitrogen and oxygen atoms in total. The van der Waals surface area contributed by atoms with Crippen LogP contribution < -0.4 is 16.2 Å². The third kappa shape index (κ3) is 3.38. The van der Waals surface area contributed by atoms with Gasteiger partial charge < -0.3 is 16.2 Å². The fourth-order valence-corrected chi connectivity index (χ4v) is 1.30. The predicted molar refractivity (Wildman–Crippen MR) is 62.0 cm³/mol. The third-order valence-corrected chi connectivity index (χ3v) is 2.03. The second-order valence-corrected chi connectivity index (χ2v) is 3.64. The lowest BCUT2D eigenvalue weighted by Gasteiger charge is -2.09. The second kappa shape index (κ2) is 4.95. The zero-order chi connectivity index (χ0) is 11.4. The standard InChI is InChI=1S/C9H9ClN2O2S/c10-5-1-2-6(9(12)15)7(3-5)14-4-8(11)13/h1-3H,4H2,(H2,11,13)(H2,12,15). The topological polar surface area (TPSA) is 78.3 Å². The molecule has 1 amide bonds. The first kappa shape index (κ1) is 11.7. The van der Waals surface area contributed by atoms with Crippen LogP contribution in [0.3, 0.4) is 0 Å². The lowest BCUT2D eigenvalue weighted by atomic mass is 10.2. The Bertz CT molecular complexity index is 409. The number of benzene rings is 1. The van der Waals surface area contributed by atoms with Crippen LogP contribution in [0.4, 0.5) is 0 Å². The number of carbonyl (C=O) groups excluding carboxylic acids is 1. The number of hydrogen-bond acceptors (Lipinski definition) is 3. The van der Waals surface area contributed by atoms with Crippen molar-refractivity contribution in [3.63, 3.8) is 0 Å². The van der Waals surface area contributed by atoms with Crippen LogP contribution in [-0.2, 0) is 4.79 Å². The van der Waals surface area contributed by atoms with Crippen molar-refractivity contribution in [1.82, 2.24) is 0 Å². The summed E-state index contributed by atoms with van der Waals surface area (Å²) in [4.78, 5) is 10.7. The number of rotatable bonds is 4. The van der Waals surface area contributed by atoms with E-state index in [0.717, 1.165) is 0 Å². The quantitative estimate of drug-likeness (QED) is 0.770. The highest BCUT2D eigenvalue weighted by molar-refractivity contribution is 7.80. The Hall–Kier alpha value is -1.33. The number of primary amides is 1. The van der Waals surface area contributed by atoms with E-state index < -0.39 is 5.91 Å². The highest BCUT2D eigenvalue weighted by Gasteiger charge is 2.08. The summed E-state index contributed by atoms with van der Waals surface area (Å²) in [6.07, 6.45) is 0. The van der Waals surface area contributed by atoms with Gasteiger partial charge in [0.2, 0.25) is 0 Å². The second-order valence-electron chi connectivity index (χ2n) is 2.76. The van der Waals surface area contributed by atoms with E-state index >= 15 is 0 Å². The van der Waals surface area contributed by atoms with Crippen LogP contribution in [0.1, 0.15) is 5.56 Å². The van der Waals surface area contributed by atoms with Gasteiger partial charge >= 0.3 is 0 Å². The van der Waals surface area contributed by atoms with Gasteiger partial charge in [-0.1, -0.05) is 23.8 Å². The van der Waals surface area contributed by atoms with Crippen LogP contribution >= 0.6 is 23.8 Å². The third-order valence-electron chi connectivity index (χ3n) is 1.58. The van der Waals surface area contributed by atoms with Crippen LogP contribution in [0.15, 0.2) is 18.2 Å². The highest BCUT2D eigenvalue weighted by Crippen LogP contribution is 2.23. The van der Waals surface area contributed by atoms with E-state index in [2.05, 4.69) is 0 Å². The molecule has 0 fully saturated rings. The molecule has 1 aromatic carbocycles. The van der Waals surface area contributed by atoms with Gasteiger partial charge in [-0.05, 0) is 18.2 Å². The zero-order valence-electron chi connectivity index (χ0n) is 7.70. The molecule has 6 heteroatoms. The number of ether oxygens (including phenoxy) is 1. The van der Waals surface area contributed by atoms with Gasteiger partial charge in [-0.25, -0.2) is 0 Å². The molecule has 0 saturated heterocycles. The number of halogens is 1. The molecule has 0 aromatic heterocycles. The molecule has 0 unspecified atom stereocenters. The molecule has 1 aromatic rings. The molecule has 0 heterocycles. The van der Waals surface area contributed by atoms with Crippen molar-refractivity contribution in [2.45, 2.75) is 0 Å². The van der Waals surface area contributed by atoms with E-state index in [1.807, 2.05) is 0 Å². The molecular formula is C9H9ClN2O2S. The lowest BCUT2D eigenvalue weighted by Crippen LogP contribution is -2.21. The molecule has 0 radical (unpaired) electrons. The van der Waals surface area contributed by atoms with Crippen molar-refractivity contribution in [3.05, 3.63) is 28.8 Å². The van der Waals surface area contributed by atoms with E-state index in [0.29, 0.717) is 16.3 Å². The first-order valence-corrected chi connectivity index (χ1v) is 4.80. The summed E-state index contributed by atoms with van der Waals surface area (Å²) in [6.45, 7) is -0.240. The summed E-state index contributed by atoms with van der Waals surface area (Å²) in [5.74, 6) is -0.224. The van der Waals surface area contributed by atoms with E-state index in [9.17, 15) is 4.79 Å². The SMILES string of the molecule is NC(=O)COc1cc(Cl)ccc1C(N)=S. The van der Waals surface area contributed by atoms with Gasteiger partial charge in [0.15, 0.2) is 6.61 Å². The minimum absolute atomic E-state index is 0.172. The van der Waals surface area contributed by atoms with Crippen molar-refractivity contribution >= 4 is 34.7 Å². The van der Waals surface area contributed by atoms with Crippen molar-refractivity contribution in [2.75, 3.05) is 6.61 Å². The Morgan fingerprint density at radius 1 is 1.47 bits per heavy atom. The van der Waals surface area contributed by atoms with Crippen LogP contribution in [0.25, 0.3) is 0 Å². The Balaban J connectivity index is 2.96. The normalized spacial score (nSPS) is 9.67. The Labute approximate surface area is 97.1 Å². The van der Waals surface area contributed by atoms with Crippen LogP contribution in [0, 0.1) is 0 Å². The summed E-state index contributed by atoms with van der Waals surface area (Å²) < 4.78 is 5.11. The summed E-state index contributed by atoms with van der Waals surface area (Å²) in [7, 11) is 0. The van der Waals surface area contributed by atoms with E-state index in [4.69, 9.17) is 40.0 Å². The maximum Gasteiger partial charge on any atom is 0.255 e. The van der Waals surface area contributed by atoms with Gasteiger partial charge in [-0.15, -0.1) is 0 Å². The van der Waals surface area contributed by atoms with Crippen LogP contribution in [0.5, 0.6) is 5.75 Å². The molecule has 0 spiro atoms. The van der Waals surface area contributed by atoms with Crippen LogP contribution in [0.2, 0.25) is 5.02 Å². The summed E-state index contributed by atoms with van der Waals surface area (Å²) in [5, 5.41) is 0.467. The average Bonchev–Trinajstić information content (AvgIpc) is 2.14. The monoisotopic (exact) mass is 244 g/mol. The number of nitrogens with two attached hydrogens (primary N) is 2. The summed E-state index contributed by atoms with van der Waals surface area (Å²) in [6, 6.07) is 4.78. The maximum absolute atomic E-state index is 10.5. The molecule has 0 bridgehead atoms. The number of carbonyl (C=O) groups is 1. The largest absolute Gasteiger partial charge is 0.483 e. The molecule has 15 heavy (non-hydrogen) atoms. The highest BCUT2D eigenvalue weighted by atomic mass is 35.5. The fraction of sp³-hybridized carbons (Fsp3) is 0.111. The first-order chi connectivity index (χ1) is 7.00. The maximum atomic E-state index is 10.5. The Morgan fingerprint density at radius 2 is 2.13 bits per heavy atom. The number of thiocarbonyl (C=S) groups is 1. The predicted octanol–water partition coefficient (Wildman–Crippen LogP) is 0.838. The minimum atomic E-state index is -0.580. The van der Waals surface area contributed by atoms with Crippen molar-refractivity contribution in [1.29, 1.82) is 0 Å². The molecule has 0 atom stereocenters. The first-order valence-electron chi connectivity index (χ1n) is 4.01. The van der Waals surface area contributed by atoms with Gasteiger partial charge in [-0.3, -0.25) is 4.79 Å². The molecule has 80 valence electrons. The van der Waals surface area contributed by atoms with Gasteiger partial charge in [0.05, 0.1) is 5.56 Å². The molecule has 0 aliphatic rings. The van der Waals surface area contributed by atoms with E-state index in [1.54, 1.807) is 12.1 Å². The summed E-state index contributed by atoms with van der Waals surface area (Å²) >= 11 is 10.6. The molecule has 0 aliphatic heterocycles. The minimum Gasteiger partial charge on any atom is -0.483 e. The van der Waals surface area contributed by atoms with Crippen molar-refractivity contribution in [3.8, 4) is 5.75 Å². The number of hydrogen-bond donors (Lipinski definition) is 2. The fourth-order valence-electron chi connectivity index (χ4n) is 0.968. The zero-order valence-corrected chi connectivity index (χ0v) is 9.27. The molecule has 0 saturated carbocycles. The Kier molecular flexibility index (Phi) is 3.88. The molecule has 4 N–H and O–H groups in total. The summed E-state index contributed by atoms with van der Waals surface area (Å²) in [5.41, 5.74) is 10.9. The van der Waals surface area contributed by atoms with Crippen LogP contribution in [-0.4, -0.2) is 17.5 Å². The average molecular weight is 245 g/mol. The Morgan fingerprint density at radius 3 is 2.67 bits per heavy atom.